The van der Waals surface area contributed by atoms with Crippen molar-refractivity contribution >= 4 is 5.97 Å². The molecule has 0 bridgehead atoms. The minimum atomic E-state index is -0.0596. The standard InChI is InChI=1S/C16H22O3/c1-2-19-16(18)11-12-3-5-13(6-4-12)14-7-9-15(17)10-8-14/h7-10,12-13,17H,2-6,11H2,1H3. The van der Waals surface area contributed by atoms with Crippen LogP contribution in [-0.4, -0.2) is 17.7 Å². The Morgan fingerprint density at radius 2 is 1.84 bits per heavy atom. The maximum absolute atomic E-state index is 11.5. The van der Waals surface area contributed by atoms with E-state index < -0.39 is 0 Å². The Hall–Kier alpha value is -1.51. The van der Waals surface area contributed by atoms with Gasteiger partial charge >= 0.3 is 5.97 Å². The molecule has 1 fully saturated rings. The molecule has 1 aromatic carbocycles. The monoisotopic (exact) mass is 262 g/mol. The Kier molecular flexibility index (Phi) is 4.83. The van der Waals surface area contributed by atoms with E-state index in [9.17, 15) is 9.90 Å². The fraction of sp³-hybridized carbons (Fsp3) is 0.562. The molecule has 19 heavy (non-hydrogen) atoms. The smallest absolute Gasteiger partial charge is 0.306 e. The number of phenolic OH excluding ortho intramolecular Hbond substituents is 1. The summed E-state index contributed by atoms with van der Waals surface area (Å²) in [4.78, 5) is 11.5. The summed E-state index contributed by atoms with van der Waals surface area (Å²) in [6.07, 6.45) is 4.98. The summed E-state index contributed by atoms with van der Waals surface area (Å²) in [7, 11) is 0. The average molecular weight is 262 g/mol. The fourth-order valence-electron chi connectivity index (χ4n) is 2.90. The molecule has 104 valence electrons. The van der Waals surface area contributed by atoms with E-state index in [2.05, 4.69) is 0 Å². The Labute approximate surface area is 114 Å². The average Bonchev–Trinajstić information content (AvgIpc) is 2.41. The van der Waals surface area contributed by atoms with Gasteiger partial charge in [0.1, 0.15) is 5.75 Å². The molecule has 0 atom stereocenters. The number of esters is 1. The van der Waals surface area contributed by atoms with Crippen LogP contribution in [0.2, 0.25) is 0 Å². The lowest BCUT2D eigenvalue weighted by atomic mass is 9.77. The van der Waals surface area contributed by atoms with Crippen molar-refractivity contribution in [3.8, 4) is 5.75 Å². The molecule has 1 aromatic rings. The van der Waals surface area contributed by atoms with Gasteiger partial charge < -0.3 is 9.84 Å². The van der Waals surface area contributed by atoms with Crippen LogP contribution in [0.25, 0.3) is 0 Å². The van der Waals surface area contributed by atoms with Gasteiger partial charge in [-0.2, -0.15) is 0 Å². The molecule has 1 N–H and O–H groups in total. The first-order valence-electron chi connectivity index (χ1n) is 7.13. The molecule has 1 aliphatic carbocycles. The van der Waals surface area contributed by atoms with Gasteiger partial charge in [-0.25, -0.2) is 0 Å². The van der Waals surface area contributed by atoms with Gasteiger partial charge in [0.2, 0.25) is 0 Å². The summed E-state index contributed by atoms with van der Waals surface area (Å²) in [5.74, 6) is 1.31. The Balaban J connectivity index is 1.82. The van der Waals surface area contributed by atoms with Gasteiger partial charge in [0.25, 0.3) is 0 Å². The van der Waals surface area contributed by atoms with Crippen molar-refractivity contribution in [2.45, 2.75) is 44.9 Å². The Bertz CT molecular complexity index is 403. The zero-order valence-electron chi connectivity index (χ0n) is 11.5. The van der Waals surface area contributed by atoms with E-state index in [0.29, 0.717) is 30.6 Å². The van der Waals surface area contributed by atoms with Crippen molar-refractivity contribution in [3.05, 3.63) is 29.8 Å². The van der Waals surface area contributed by atoms with Crippen molar-refractivity contribution in [3.63, 3.8) is 0 Å². The zero-order chi connectivity index (χ0) is 13.7. The normalized spacial score (nSPS) is 23.0. The summed E-state index contributed by atoms with van der Waals surface area (Å²) in [6, 6.07) is 7.51. The first-order chi connectivity index (χ1) is 9.19. The van der Waals surface area contributed by atoms with Crippen molar-refractivity contribution in [2.75, 3.05) is 6.61 Å². The molecule has 1 saturated carbocycles. The first kappa shape index (κ1) is 13.9. The molecule has 0 saturated heterocycles. The summed E-state index contributed by atoms with van der Waals surface area (Å²) in [5.41, 5.74) is 1.30. The van der Waals surface area contributed by atoms with Crippen molar-refractivity contribution in [1.82, 2.24) is 0 Å². The van der Waals surface area contributed by atoms with E-state index >= 15 is 0 Å². The van der Waals surface area contributed by atoms with Crippen LogP contribution >= 0.6 is 0 Å². The second kappa shape index (κ2) is 6.60. The molecule has 0 heterocycles. The van der Waals surface area contributed by atoms with Crippen LogP contribution in [0.1, 0.15) is 50.5 Å². The van der Waals surface area contributed by atoms with E-state index in [-0.39, 0.29) is 5.97 Å². The van der Waals surface area contributed by atoms with Crippen molar-refractivity contribution < 1.29 is 14.6 Å². The predicted molar refractivity (Wildman–Crippen MR) is 74.1 cm³/mol. The van der Waals surface area contributed by atoms with Gasteiger partial charge in [0, 0.05) is 6.42 Å². The molecule has 3 heteroatoms. The van der Waals surface area contributed by atoms with Gasteiger partial charge in [0.05, 0.1) is 6.61 Å². The summed E-state index contributed by atoms with van der Waals surface area (Å²) >= 11 is 0. The van der Waals surface area contributed by atoms with Crippen LogP contribution in [0.3, 0.4) is 0 Å². The lowest BCUT2D eigenvalue weighted by molar-refractivity contribution is -0.144. The van der Waals surface area contributed by atoms with Crippen LogP contribution in [0.5, 0.6) is 5.75 Å². The molecule has 0 aliphatic heterocycles. The van der Waals surface area contributed by atoms with E-state index in [1.54, 1.807) is 12.1 Å². The maximum Gasteiger partial charge on any atom is 0.306 e. The highest BCUT2D eigenvalue weighted by Gasteiger charge is 2.24. The third-order valence-corrected chi connectivity index (χ3v) is 3.97. The summed E-state index contributed by atoms with van der Waals surface area (Å²) < 4.78 is 5.00. The first-order valence-corrected chi connectivity index (χ1v) is 7.13. The van der Waals surface area contributed by atoms with Gasteiger partial charge in [-0.15, -0.1) is 0 Å². The van der Waals surface area contributed by atoms with Crippen LogP contribution in [-0.2, 0) is 9.53 Å². The number of carbonyl (C=O) groups is 1. The van der Waals surface area contributed by atoms with Gasteiger partial charge in [0.15, 0.2) is 0 Å². The number of hydrogen-bond donors (Lipinski definition) is 1. The van der Waals surface area contributed by atoms with Gasteiger partial charge in [-0.05, 0) is 62.1 Å². The largest absolute Gasteiger partial charge is 0.508 e. The fourth-order valence-corrected chi connectivity index (χ4v) is 2.90. The number of rotatable bonds is 4. The summed E-state index contributed by atoms with van der Waals surface area (Å²) in [5, 5.41) is 9.30. The molecule has 0 amide bonds. The van der Waals surface area contributed by atoms with E-state index in [0.717, 1.165) is 25.7 Å². The zero-order valence-corrected chi connectivity index (χ0v) is 11.5. The minimum absolute atomic E-state index is 0.0596. The lowest BCUT2D eigenvalue weighted by Gasteiger charge is -2.28. The highest BCUT2D eigenvalue weighted by atomic mass is 16.5. The second-order valence-corrected chi connectivity index (χ2v) is 5.32. The maximum atomic E-state index is 11.5. The SMILES string of the molecule is CCOC(=O)CC1CCC(c2ccc(O)cc2)CC1. The minimum Gasteiger partial charge on any atom is -0.508 e. The van der Waals surface area contributed by atoms with Crippen LogP contribution in [0.4, 0.5) is 0 Å². The number of aromatic hydroxyl groups is 1. The van der Waals surface area contributed by atoms with Crippen molar-refractivity contribution in [1.29, 1.82) is 0 Å². The summed E-state index contributed by atoms with van der Waals surface area (Å²) in [6.45, 7) is 2.32. The molecular weight excluding hydrogens is 240 g/mol. The van der Waals surface area contributed by atoms with Crippen LogP contribution < -0.4 is 0 Å². The molecule has 0 radical (unpaired) electrons. The number of ether oxygens (including phenoxy) is 1. The van der Waals surface area contributed by atoms with E-state index in [1.807, 2.05) is 19.1 Å². The number of benzene rings is 1. The quantitative estimate of drug-likeness (QED) is 0.843. The van der Waals surface area contributed by atoms with Crippen LogP contribution in [0.15, 0.2) is 24.3 Å². The molecular formula is C16H22O3. The number of carbonyl (C=O) groups excluding carboxylic acids is 1. The molecule has 2 rings (SSSR count). The van der Waals surface area contributed by atoms with Crippen LogP contribution in [0, 0.1) is 5.92 Å². The molecule has 0 unspecified atom stereocenters. The highest BCUT2D eigenvalue weighted by molar-refractivity contribution is 5.69. The third kappa shape index (κ3) is 3.98. The van der Waals surface area contributed by atoms with Gasteiger partial charge in [-0.1, -0.05) is 12.1 Å². The molecule has 3 nitrogen and oxygen atoms in total. The molecule has 0 spiro atoms. The Morgan fingerprint density at radius 1 is 1.21 bits per heavy atom. The predicted octanol–water partition coefficient (Wildman–Crippen LogP) is 3.62. The highest BCUT2D eigenvalue weighted by Crippen LogP contribution is 2.37. The molecule has 1 aliphatic rings. The number of phenols is 1. The molecule has 0 aromatic heterocycles. The van der Waals surface area contributed by atoms with E-state index in [4.69, 9.17) is 4.74 Å². The Morgan fingerprint density at radius 3 is 2.42 bits per heavy atom. The lowest BCUT2D eigenvalue weighted by Crippen LogP contribution is -2.17. The second-order valence-electron chi connectivity index (χ2n) is 5.32. The number of hydrogen-bond acceptors (Lipinski definition) is 3. The van der Waals surface area contributed by atoms with Crippen molar-refractivity contribution in [2.24, 2.45) is 5.92 Å². The van der Waals surface area contributed by atoms with E-state index in [1.165, 1.54) is 5.56 Å². The van der Waals surface area contributed by atoms with Gasteiger partial charge in [-0.3, -0.25) is 4.79 Å². The topological polar surface area (TPSA) is 46.5 Å². The third-order valence-electron chi connectivity index (χ3n) is 3.97.